The number of fused-ring (bicyclic) bond motifs is 2. The highest BCUT2D eigenvalue weighted by Gasteiger charge is 2.42. The number of furan rings is 2. The lowest BCUT2D eigenvalue weighted by Gasteiger charge is -2.43. The number of nitrogens with zero attached hydrogens (tertiary/aromatic N) is 6. The van der Waals surface area contributed by atoms with Gasteiger partial charge in [-0.2, -0.15) is 0 Å². The van der Waals surface area contributed by atoms with E-state index in [4.69, 9.17) is 20.3 Å². The van der Waals surface area contributed by atoms with Gasteiger partial charge in [0.2, 0.25) is 0 Å². The van der Waals surface area contributed by atoms with E-state index in [1.165, 1.54) is 21.1 Å². The molecule has 0 amide bonds. The van der Waals surface area contributed by atoms with Crippen molar-refractivity contribution in [1.82, 2.24) is 29.6 Å². The lowest BCUT2D eigenvalue weighted by Crippen LogP contribution is -2.49. The van der Waals surface area contributed by atoms with Crippen LogP contribution in [0, 0.1) is 11.8 Å². The molecule has 2 saturated heterocycles. The van der Waals surface area contributed by atoms with Crippen LogP contribution < -0.4 is 11.5 Å². The smallest absolute Gasteiger partial charge is 0.182 e. The zero-order valence-electron chi connectivity index (χ0n) is 33.4. The van der Waals surface area contributed by atoms with Crippen LogP contribution in [0.25, 0.3) is 0 Å². The second kappa shape index (κ2) is 18.2. The number of anilines is 2. The summed E-state index contributed by atoms with van der Waals surface area (Å²) in [6.45, 7) is 12.5. The van der Waals surface area contributed by atoms with E-state index >= 15 is 4.79 Å². The highest BCUT2D eigenvalue weighted by molar-refractivity contribution is 7.15. The first-order valence-electron chi connectivity index (χ1n) is 21.4. The normalized spacial score (nSPS) is 22.7. The maximum atomic E-state index is 15.1. The molecular weight excluding hydrogens is 741 g/mol. The molecule has 2 aliphatic heterocycles. The number of ketones is 1. The SMILES string of the molecule is CCCN(CC1CCN([C@H](C(=O)[C@H](c2ccco2)N2CCC(CN(CCC)C3CCc4nc(N)sc4C3)CC2)c2ccco2)CC1)C1CCc2nc(N)sc2C1. The van der Waals surface area contributed by atoms with Gasteiger partial charge in [0.15, 0.2) is 16.0 Å². The van der Waals surface area contributed by atoms with Gasteiger partial charge in [0, 0.05) is 34.9 Å². The molecular formula is C43H62N8O3S2. The molecule has 6 heterocycles. The first kappa shape index (κ1) is 39.7. The summed E-state index contributed by atoms with van der Waals surface area (Å²) in [5.74, 6) is 2.84. The molecule has 56 heavy (non-hydrogen) atoms. The Morgan fingerprint density at radius 1 is 0.732 bits per heavy atom. The molecule has 0 saturated carbocycles. The molecule has 0 spiro atoms. The van der Waals surface area contributed by atoms with E-state index < -0.39 is 12.1 Å². The van der Waals surface area contributed by atoms with E-state index in [-0.39, 0.29) is 5.78 Å². The van der Waals surface area contributed by atoms with Crippen LogP contribution in [-0.4, -0.2) is 99.8 Å². The molecule has 8 rings (SSSR count). The average molecular weight is 803 g/mol. The van der Waals surface area contributed by atoms with E-state index in [0.29, 0.717) is 34.2 Å². The van der Waals surface area contributed by atoms with E-state index in [0.717, 1.165) is 141 Å². The molecule has 13 heteroatoms. The molecule has 4 atom stereocenters. The van der Waals surface area contributed by atoms with Crippen molar-refractivity contribution >= 4 is 38.7 Å². The predicted molar refractivity (Wildman–Crippen MR) is 225 cm³/mol. The molecule has 0 bridgehead atoms. The Bertz CT molecular complexity index is 1700. The summed E-state index contributed by atoms with van der Waals surface area (Å²) in [4.78, 5) is 37.3. The maximum Gasteiger partial charge on any atom is 0.182 e. The number of likely N-dealkylation sites (tertiary alicyclic amines) is 2. The van der Waals surface area contributed by atoms with Crippen molar-refractivity contribution in [2.24, 2.45) is 11.8 Å². The summed E-state index contributed by atoms with van der Waals surface area (Å²) >= 11 is 3.35. The lowest BCUT2D eigenvalue weighted by atomic mass is 9.88. The highest BCUT2D eigenvalue weighted by Crippen LogP contribution is 2.38. The summed E-state index contributed by atoms with van der Waals surface area (Å²) in [7, 11) is 0. The number of nitrogen functional groups attached to an aromatic ring is 2. The topological polar surface area (TPSA) is 134 Å². The van der Waals surface area contributed by atoms with Gasteiger partial charge in [-0.3, -0.25) is 24.4 Å². The summed E-state index contributed by atoms with van der Waals surface area (Å²) in [5.41, 5.74) is 14.6. The van der Waals surface area contributed by atoms with Gasteiger partial charge in [0.25, 0.3) is 0 Å². The first-order valence-corrected chi connectivity index (χ1v) is 23.0. The van der Waals surface area contributed by atoms with Gasteiger partial charge in [0.1, 0.15) is 23.6 Å². The van der Waals surface area contributed by atoms with Gasteiger partial charge < -0.3 is 20.3 Å². The van der Waals surface area contributed by atoms with Gasteiger partial charge in [-0.1, -0.05) is 13.8 Å². The van der Waals surface area contributed by atoms with Crippen molar-refractivity contribution in [3.63, 3.8) is 0 Å². The number of thiazole rings is 2. The fraction of sp³-hybridized carbons (Fsp3) is 0.651. The number of Topliss-reactive ketones (excluding diaryl/α,β-unsaturated/α-hetero) is 1. The largest absolute Gasteiger partial charge is 0.467 e. The molecule has 0 aromatic carbocycles. The van der Waals surface area contributed by atoms with Crippen LogP contribution in [0.1, 0.15) is 110 Å². The standard InChI is InChI=1S/C43H62N8O3S2/c1-3-17-50(31-9-11-33-37(25-31)55-42(44)46-33)27-29-13-19-48(20-14-29)39(35-7-5-23-53-35)41(52)40(36-8-6-24-54-36)49-21-15-30(16-22-49)28-51(18-4-2)32-10-12-34-38(26-32)56-43(45)47-34/h5-8,23-24,29-32,39-40H,3-4,9-22,25-28H2,1-2H3,(H2,44,46)(H2,45,47)/t31?,32?,39-,40-/m0/s1. The number of hydrogen-bond acceptors (Lipinski definition) is 13. The van der Waals surface area contributed by atoms with Crippen LogP contribution >= 0.6 is 22.7 Å². The van der Waals surface area contributed by atoms with E-state index in [1.54, 1.807) is 35.2 Å². The Morgan fingerprint density at radius 2 is 1.16 bits per heavy atom. The van der Waals surface area contributed by atoms with E-state index in [2.05, 4.69) is 43.4 Å². The van der Waals surface area contributed by atoms with Crippen molar-refractivity contribution in [2.75, 3.05) is 63.8 Å². The fourth-order valence-electron chi connectivity index (χ4n) is 10.3. The Morgan fingerprint density at radius 3 is 1.54 bits per heavy atom. The average Bonchev–Trinajstić information content (AvgIpc) is 4.04. The zero-order chi connectivity index (χ0) is 38.6. The number of aromatic nitrogens is 2. The van der Waals surface area contributed by atoms with Gasteiger partial charge >= 0.3 is 0 Å². The Labute approximate surface area is 340 Å². The van der Waals surface area contributed by atoms with Gasteiger partial charge in [-0.05, 0) is 152 Å². The minimum atomic E-state index is -0.448. The summed E-state index contributed by atoms with van der Waals surface area (Å²) in [6, 6.07) is 8.02. The minimum Gasteiger partial charge on any atom is -0.467 e. The molecule has 4 aromatic heterocycles. The third kappa shape index (κ3) is 8.98. The number of rotatable bonds is 16. The van der Waals surface area contributed by atoms with Gasteiger partial charge in [-0.25, -0.2) is 9.97 Å². The van der Waals surface area contributed by atoms with Crippen LogP contribution in [-0.2, 0) is 30.5 Å². The molecule has 304 valence electrons. The first-order chi connectivity index (χ1) is 27.4. The Balaban J connectivity index is 0.913. The Kier molecular flexibility index (Phi) is 12.9. The lowest BCUT2D eigenvalue weighted by molar-refractivity contribution is -0.133. The number of aryl methyl sites for hydroxylation is 2. The van der Waals surface area contributed by atoms with E-state index in [9.17, 15) is 0 Å². The maximum absolute atomic E-state index is 15.1. The van der Waals surface area contributed by atoms with Crippen LogP contribution in [0.15, 0.2) is 45.6 Å². The van der Waals surface area contributed by atoms with Crippen molar-refractivity contribution < 1.29 is 13.6 Å². The third-order valence-corrected chi connectivity index (χ3v) is 15.0. The second-order valence-electron chi connectivity index (χ2n) is 16.8. The number of nitrogens with two attached hydrogens (primary N) is 2. The second-order valence-corrected chi connectivity index (χ2v) is 19.1. The molecule has 2 fully saturated rings. The summed E-state index contributed by atoms with van der Waals surface area (Å²) < 4.78 is 12.1. The van der Waals surface area contributed by atoms with Crippen LogP contribution in [0.4, 0.5) is 10.3 Å². The third-order valence-electron chi connectivity index (χ3n) is 13.1. The van der Waals surface area contributed by atoms with Gasteiger partial charge in [-0.15, -0.1) is 22.7 Å². The highest BCUT2D eigenvalue weighted by atomic mass is 32.1. The minimum absolute atomic E-state index is 0.163. The molecule has 11 nitrogen and oxygen atoms in total. The van der Waals surface area contributed by atoms with E-state index in [1.807, 2.05) is 24.3 Å². The molecule has 2 aliphatic carbocycles. The molecule has 0 radical (unpaired) electrons. The summed E-state index contributed by atoms with van der Waals surface area (Å²) in [6.07, 6.45) is 16.5. The quantitative estimate of drug-likeness (QED) is 0.119. The number of carbonyl (C=O) groups is 1. The van der Waals surface area contributed by atoms with Crippen molar-refractivity contribution in [3.8, 4) is 0 Å². The molecule has 4 aromatic rings. The molecule has 4 aliphatic rings. The van der Waals surface area contributed by atoms with Crippen molar-refractivity contribution in [3.05, 3.63) is 69.5 Å². The van der Waals surface area contributed by atoms with Crippen LogP contribution in [0.2, 0.25) is 0 Å². The molecule has 4 N–H and O–H groups in total. The Hall–Kier alpha value is -3.07. The molecule has 2 unspecified atom stereocenters. The van der Waals surface area contributed by atoms with Crippen molar-refractivity contribution in [1.29, 1.82) is 0 Å². The van der Waals surface area contributed by atoms with Crippen molar-refractivity contribution in [2.45, 2.75) is 115 Å². The predicted octanol–water partition coefficient (Wildman–Crippen LogP) is 7.26. The number of hydrogen-bond donors (Lipinski definition) is 2. The zero-order valence-corrected chi connectivity index (χ0v) is 35.1. The number of piperidine rings is 2. The van der Waals surface area contributed by atoms with Gasteiger partial charge in [0.05, 0.1) is 23.9 Å². The summed E-state index contributed by atoms with van der Waals surface area (Å²) in [5, 5.41) is 1.41. The fourth-order valence-corrected chi connectivity index (χ4v) is 12.2. The monoisotopic (exact) mass is 802 g/mol. The van der Waals surface area contributed by atoms with Crippen LogP contribution in [0.5, 0.6) is 0 Å². The van der Waals surface area contributed by atoms with Crippen LogP contribution in [0.3, 0.4) is 0 Å². The number of carbonyl (C=O) groups excluding carboxylic acids is 1.